The molecule has 0 saturated heterocycles. The molecular weight excluding hydrogens is 448 g/mol. The topological polar surface area (TPSA) is 0 Å². The van der Waals surface area contributed by atoms with Gasteiger partial charge in [-0.2, -0.15) is 0 Å². The van der Waals surface area contributed by atoms with Crippen LogP contribution in [0, 0.1) is 0 Å². The van der Waals surface area contributed by atoms with E-state index in [0.717, 1.165) is 6.42 Å². The summed E-state index contributed by atoms with van der Waals surface area (Å²) >= 11 is -0.769. The molecule has 0 heterocycles. The van der Waals surface area contributed by atoms with Crippen LogP contribution >= 0.6 is 7.92 Å². The summed E-state index contributed by atoms with van der Waals surface area (Å²) < 4.78 is 2.41. The van der Waals surface area contributed by atoms with E-state index in [1.807, 2.05) is 0 Å². The Kier molecular flexibility index (Phi) is 6.48. The SMILES string of the molecule is CP(C)C1=Cc2ccccc2[CH]1[Zr+2][c]1cccc2c1Cc1ccccc1-2.[F-].[F-]. The van der Waals surface area contributed by atoms with E-state index >= 15 is 0 Å². The third-order valence-corrected chi connectivity index (χ3v) is 11.7. The average Bonchev–Trinajstić information content (AvgIpc) is 3.21. The molecule has 2 aliphatic rings. The number of fused-ring (bicyclic) bond motifs is 4. The van der Waals surface area contributed by atoms with Gasteiger partial charge in [0.1, 0.15) is 0 Å². The third-order valence-electron chi connectivity index (χ3n) is 5.57. The molecule has 0 saturated carbocycles. The molecule has 1 atom stereocenters. The molecule has 0 aromatic heterocycles. The first-order chi connectivity index (χ1) is 12.7. The summed E-state index contributed by atoms with van der Waals surface area (Å²) in [6.45, 7) is 4.84. The molecular formula is C24H21F2PZr. The van der Waals surface area contributed by atoms with E-state index in [2.05, 4.69) is 86.1 Å². The van der Waals surface area contributed by atoms with Gasteiger partial charge in [0.2, 0.25) is 0 Å². The van der Waals surface area contributed by atoms with Crippen molar-refractivity contribution in [2.75, 3.05) is 13.3 Å². The van der Waals surface area contributed by atoms with Gasteiger partial charge in [-0.25, -0.2) is 0 Å². The first-order valence-corrected chi connectivity index (χ1v) is 14.1. The predicted octanol–water partition coefficient (Wildman–Crippen LogP) is -0.189. The van der Waals surface area contributed by atoms with E-state index in [0.29, 0.717) is 3.63 Å². The van der Waals surface area contributed by atoms with E-state index in [9.17, 15) is 0 Å². The van der Waals surface area contributed by atoms with Crippen molar-refractivity contribution in [1.29, 1.82) is 0 Å². The zero-order valence-corrected chi connectivity index (χ0v) is 19.3. The number of hydrogen-bond acceptors (Lipinski definition) is 0. The Balaban J connectivity index is 0.00000112. The molecule has 1 unspecified atom stereocenters. The van der Waals surface area contributed by atoms with Crippen molar-refractivity contribution >= 4 is 17.3 Å². The standard InChI is InChI=1S/C13H9.C11H12P.2FH.Zr/c1-3-7-12-10(5-1)9-11-6-2-4-8-13(11)12;1-12(2)11-7-9-5-3-4-6-10(9)8-11;;;/h1-5,7-8H,9H2;3-8H,1-2H3;2*1H;/q;;;;+2/p-2. The molecule has 0 bridgehead atoms. The van der Waals surface area contributed by atoms with Crippen LogP contribution < -0.4 is 12.7 Å². The smallest absolute Gasteiger partial charge is 1.00 e. The Labute approximate surface area is 178 Å². The zero-order chi connectivity index (χ0) is 17.7. The summed E-state index contributed by atoms with van der Waals surface area (Å²) in [5, 5.41) is 1.72. The molecule has 0 nitrogen and oxygen atoms in total. The zero-order valence-electron chi connectivity index (χ0n) is 15.9. The molecule has 0 amide bonds. The first kappa shape index (κ1) is 21.3. The van der Waals surface area contributed by atoms with E-state index in [1.165, 1.54) is 22.3 Å². The Hall–Kier alpha value is -1.43. The minimum Gasteiger partial charge on any atom is -1.00 e. The van der Waals surface area contributed by atoms with Crippen molar-refractivity contribution in [2.45, 2.75) is 10.0 Å². The maximum Gasteiger partial charge on any atom is -1.00 e. The van der Waals surface area contributed by atoms with Crippen molar-refractivity contribution < 1.29 is 32.6 Å². The summed E-state index contributed by atoms with van der Waals surface area (Å²) in [6, 6.07) is 25.1. The van der Waals surface area contributed by atoms with Gasteiger partial charge < -0.3 is 9.41 Å². The first-order valence-electron chi connectivity index (χ1n) is 9.17. The number of allylic oxidation sites excluding steroid dienone is 1. The fraction of sp³-hybridized carbons (Fsp3) is 0.167. The van der Waals surface area contributed by atoms with Gasteiger partial charge in [0, 0.05) is 0 Å². The minimum absolute atomic E-state index is 0. The van der Waals surface area contributed by atoms with Crippen molar-refractivity contribution in [3.05, 3.63) is 94.3 Å². The van der Waals surface area contributed by atoms with Crippen LogP contribution in [-0.4, -0.2) is 13.3 Å². The van der Waals surface area contributed by atoms with E-state index < -0.39 is 23.2 Å². The van der Waals surface area contributed by atoms with Crippen LogP contribution in [0.2, 0.25) is 0 Å². The largest absolute Gasteiger partial charge is 1.00 e. The van der Waals surface area contributed by atoms with Crippen LogP contribution in [0.25, 0.3) is 17.2 Å². The second-order valence-electron chi connectivity index (χ2n) is 7.34. The van der Waals surface area contributed by atoms with Crippen LogP contribution in [0.4, 0.5) is 0 Å². The summed E-state index contributed by atoms with van der Waals surface area (Å²) in [5.41, 5.74) is 9.15. The van der Waals surface area contributed by atoms with Gasteiger partial charge >= 0.3 is 169 Å². The molecule has 0 spiro atoms. The molecule has 28 heavy (non-hydrogen) atoms. The van der Waals surface area contributed by atoms with E-state index in [1.54, 1.807) is 19.7 Å². The Bertz CT molecular complexity index is 1040. The van der Waals surface area contributed by atoms with Gasteiger partial charge in [-0.3, -0.25) is 0 Å². The average molecular weight is 470 g/mol. The van der Waals surface area contributed by atoms with Crippen molar-refractivity contribution in [3.63, 3.8) is 0 Å². The van der Waals surface area contributed by atoms with Crippen molar-refractivity contribution in [1.82, 2.24) is 0 Å². The van der Waals surface area contributed by atoms with Gasteiger partial charge in [-0.15, -0.1) is 0 Å². The molecule has 5 rings (SSSR count). The molecule has 3 aromatic carbocycles. The molecule has 4 heteroatoms. The second-order valence-corrected chi connectivity index (χ2v) is 13.1. The Morgan fingerprint density at radius 2 is 1.54 bits per heavy atom. The van der Waals surface area contributed by atoms with Crippen molar-refractivity contribution in [3.8, 4) is 11.1 Å². The monoisotopic (exact) mass is 468 g/mol. The number of rotatable bonds is 3. The van der Waals surface area contributed by atoms with Gasteiger partial charge in [0.05, 0.1) is 0 Å². The van der Waals surface area contributed by atoms with Crippen molar-refractivity contribution in [2.24, 2.45) is 0 Å². The molecule has 3 aromatic rings. The fourth-order valence-corrected chi connectivity index (χ4v) is 11.4. The van der Waals surface area contributed by atoms with Gasteiger partial charge in [-0.05, 0) is 0 Å². The number of hydrogen-bond donors (Lipinski definition) is 0. The summed E-state index contributed by atoms with van der Waals surface area (Å²) in [7, 11) is -0.0324. The Morgan fingerprint density at radius 3 is 2.36 bits per heavy atom. The van der Waals surface area contributed by atoms with Gasteiger partial charge in [0.15, 0.2) is 0 Å². The summed E-state index contributed by atoms with van der Waals surface area (Å²) in [5.74, 6) is 0. The van der Waals surface area contributed by atoms with E-state index in [4.69, 9.17) is 0 Å². The number of benzene rings is 3. The molecule has 2 aliphatic carbocycles. The van der Waals surface area contributed by atoms with Crippen LogP contribution in [0.15, 0.2) is 72.0 Å². The van der Waals surface area contributed by atoms with E-state index in [-0.39, 0.29) is 17.3 Å². The molecule has 140 valence electrons. The van der Waals surface area contributed by atoms with Crippen LogP contribution in [0.5, 0.6) is 0 Å². The quantitative estimate of drug-likeness (QED) is 0.365. The van der Waals surface area contributed by atoms with Gasteiger partial charge in [-0.1, -0.05) is 0 Å². The predicted molar refractivity (Wildman–Crippen MR) is 110 cm³/mol. The van der Waals surface area contributed by atoms with Crippen LogP contribution in [0.1, 0.15) is 25.9 Å². The third kappa shape index (κ3) is 3.49. The Morgan fingerprint density at radius 1 is 0.821 bits per heavy atom. The number of halogens is 2. The maximum atomic E-state index is 2.50. The minimum atomic E-state index is -0.769. The normalized spacial score (nSPS) is 15.5. The second kappa shape index (κ2) is 8.52. The fourth-order valence-electron chi connectivity index (χ4n) is 4.29. The summed E-state index contributed by atoms with van der Waals surface area (Å²) in [6.07, 6.45) is 3.63. The molecule has 0 N–H and O–H groups in total. The molecule has 0 radical (unpaired) electrons. The molecule has 0 aliphatic heterocycles. The maximum absolute atomic E-state index is 2.50. The van der Waals surface area contributed by atoms with Gasteiger partial charge in [0.25, 0.3) is 0 Å². The van der Waals surface area contributed by atoms with Crippen LogP contribution in [0.3, 0.4) is 0 Å². The van der Waals surface area contributed by atoms with Crippen LogP contribution in [-0.2, 0) is 29.7 Å². The summed E-state index contributed by atoms with van der Waals surface area (Å²) in [4.78, 5) is 0. The molecule has 0 fully saturated rings.